The van der Waals surface area contributed by atoms with Crippen LogP contribution in [0.3, 0.4) is 0 Å². The van der Waals surface area contributed by atoms with Gasteiger partial charge in [0.25, 0.3) is 0 Å². The van der Waals surface area contributed by atoms with Crippen LogP contribution in [0.5, 0.6) is 0 Å². The zero-order chi connectivity index (χ0) is 14.7. The smallest absolute Gasteiger partial charge is 0.223 e. The van der Waals surface area contributed by atoms with Gasteiger partial charge in [-0.1, -0.05) is 11.8 Å². The topological polar surface area (TPSA) is 79.7 Å². The van der Waals surface area contributed by atoms with E-state index in [2.05, 4.69) is 26.6 Å². The molecular formula is C13H18N6OS. The number of amides is 1. The van der Waals surface area contributed by atoms with Gasteiger partial charge < -0.3 is 9.88 Å². The molecule has 2 aromatic rings. The van der Waals surface area contributed by atoms with Crippen molar-refractivity contribution in [1.82, 2.24) is 30.1 Å². The number of tetrazole rings is 1. The highest BCUT2D eigenvalue weighted by Crippen LogP contribution is 2.31. The number of carbonyl (C=O) groups is 1. The fraction of sp³-hybridized carbons (Fsp3) is 0.538. The van der Waals surface area contributed by atoms with Crippen molar-refractivity contribution in [2.75, 3.05) is 12.3 Å². The largest absolute Gasteiger partial charge is 0.363 e. The first-order valence-corrected chi connectivity index (χ1v) is 8.02. The van der Waals surface area contributed by atoms with E-state index in [1.807, 2.05) is 17.2 Å². The van der Waals surface area contributed by atoms with Gasteiger partial charge in [-0.25, -0.2) is 4.68 Å². The molecule has 7 nitrogen and oxygen atoms in total. The van der Waals surface area contributed by atoms with E-state index in [9.17, 15) is 4.79 Å². The summed E-state index contributed by atoms with van der Waals surface area (Å²) < 4.78 is 1.62. The first kappa shape index (κ1) is 14.1. The van der Waals surface area contributed by atoms with Crippen molar-refractivity contribution in [2.45, 2.75) is 30.5 Å². The zero-order valence-corrected chi connectivity index (χ0v) is 12.7. The van der Waals surface area contributed by atoms with Gasteiger partial charge in [-0.05, 0) is 35.4 Å². The molecular weight excluding hydrogens is 288 g/mol. The summed E-state index contributed by atoms with van der Waals surface area (Å²) >= 11 is 1.51. The number of aryl methyl sites for hydroxylation is 1. The first-order valence-electron chi connectivity index (χ1n) is 7.03. The molecule has 0 radical (unpaired) electrons. The lowest BCUT2D eigenvalue weighted by Gasteiger charge is -2.24. The summed E-state index contributed by atoms with van der Waals surface area (Å²) in [7, 11) is 1.80. The van der Waals surface area contributed by atoms with Crippen molar-refractivity contribution < 1.29 is 4.79 Å². The van der Waals surface area contributed by atoms with Crippen molar-refractivity contribution in [1.29, 1.82) is 0 Å². The quantitative estimate of drug-likeness (QED) is 0.844. The Hall–Kier alpha value is -1.83. The normalized spacial score (nSPS) is 18.3. The van der Waals surface area contributed by atoms with Crippen molar-refractivity contribution >= 4 is 17.7 Å². The number of hydrogen-bond acceptors (Lipinski definition) is 5. The number of aromatic nitrogens is 5. The number of carbonyl (C=O) groups excluding carboxylic acids is 1. The van der Waals surface area contributed by atoms with E-state index in [1.165, 1.54) is 11.8 Å². The molecule has 8 heteroatoms. The molecule has 112 valence electrons. The molecule has 1 aliphatic heterocycles. The van der Waals surface area contributed by atoms with E-state index < -0.39 is 0 Å². The molecule has 1 N–H and O–H groups in total. The number of thioether (sulfide) groups is 1. The number of rotatable bonds is 5. The Morgan fingerprint density at radius 2 is 2.48 bits per heavy atom. The second-order valence-corrected chi connectivity index (χ2v) is 6.12. The van der Waals surface area contributed by atoms with Gasteiger partial charge in [0, 0.05) is 37.7 Å². The molecule has 1 amide bonds. The highest BCUT2D eigenvalue weighted by atomic mass is 32.2. The fourth-order valence-electron chi connectivity index (χ4n) is 2.66. The van der Waals surface area contributed by atoms with E-state index in [-0.39, 0.29) is 11.9 Å². The predicted octanol–water partition coefficient (Wildman–Crippen LogP) is 1.38. The summed E-state index contributed by atoms with van der Waals surface area (Å²) in [6.45, 7) is 0.846. The maximum Gasteiger partial charge on any atom is 0.223 e. The second-order valence-electron chi connectivity index (χ2n) is 5.05. The highest BCUT2D eigenvalue weighted by Gasteiger charge is 2.30. The molecule has 1 atom stereocenters. The summed E-state index contributed by atoms with van der Waals surface area (Å²) in [5.41, 5.74) is 1.13. The number of nitrogens with one attached hydrogen (secondary N) is 1. The van der Waals surface area contributed by atoms with E-state index in [0.29, 0.717) is 12.2 Å². The van der Waals surface area contributed by atoms with Crippen molar-refractivity contribution in [3.63, 3.8) is 0 Å². The predicted molar refractivity (Wildman–Crippen MR) is 78.6 cm³/mol. The number of nitrogens with zero attached hydrogens (tertiary/aromatic N) is 5. The van der Waals surface area contributed by atoms with Crippen LogP contribution in [0.2, 0.25) is 0 Å². The van der Waals surface area contributed by atoms with Gasteiger partial charge in [0.1, 0.15) is 0 Å². The van der Waals surface area contributed by atoms with E-state index in [0.717, 1.165) is 30.2 Å². The third-order valence-corrected chi connectivity index (χ3v) is 4.69. The molecule has 3 heterocycles. The Morgan fingerprint density at radius 3 is 3.19 bits per heavy atom. The molecule has 0 saturated carbocycles. The van der Waals surface area contributed by atoms with Crippen LogP contribution < -0.4 is 0 Å². The summed E-state index contributed by atoms with van der Waals surface area (Å²) in [6.07, 6.45) is 4.52. The fourth-order valence-corrected chi connectivity index (χ4v) is 3.43. The lowest BCUT2D eigenvalue weighted by atomic mass is 10.1. The van der Waals surface area contributed by atoms with Gasteiger partial charge >= 0.3 is 0 Å². The van der Waals surface area contributed by atoms with Crippen molar-refractivity contribution in [3.8, 4) is 0 Å². The summed E-state index contributed by atoms with van der Waals surface area (Å²) in [5.74, 6) is 0.899. The minimum Gasteiger partial charge on any atom is -0.363 e. The number of aromatic amines is 1. The average Bonchev–Trinajstić information content (AvgIpc) is 3.19. The first-order chi connectivity index (χ1) is 10.3. The van der Waals surface area contributed by atoms with E-state index in [4.69, 9.17) is 0 Å². The minimum absolute atomic E-state index is 0.203. The second kappa shape index (κ2) is 6.30. The van der Waals surface area contributed by atoms with Gasteiger partial charge in [-0.3, -0.25) is 4.79 Å². The summed E-state index contributed by atoms with van der Waals surface area (Å²) in [6, 6.07) is 4.23. The maximum absolute atomic E-state index is 12.4. The van der Waals surface area contributed by atoms with E-state index >= 15 is 0 Å². The van der Waals surface area contributed by atoms with Crippen LogP contribution in [0.15, 0.2) is 23.5 Å². The van der Waals surface area contributed by atoms with Gasteiger partial charge in [0.2, 0.25) is 11.1 Å². The van der Waals surface area contributed by atoms with E-state index in [1.54, 1.807) is 11.7 Å². The van der Waals surface area contributed by atoms with Gasteiger partial charge in [-0.15, -0.1) is 5.10 Å². The monoisotopic (exact) mass is 306 g/mol. The number of H-pyrrole nitrogens is 1. The van der Waals surface area contributed by atoms with Crippen LogP contribution in [-0.4, -0.2) is 48.3 Å². The minimum atomic E-state index is 0.203. The van der Waals surface area contributed by atoms with Crippen LogP contribution in [-0.2, 0) is 11.8 Å². The molecule has 0 aliphatic carbocycles. The molecule has 0 bridgehead atoms. The van der Waals surface area contributed by atoms with Crippen LogP contribution >= 0.6 is 11.8 Å². The maximum atomic E-state index is 12.4. The van der Waals surface area contributed by atoms with Gasteiger partial charge in [0.15, 0.2) is 0 Å². The van der Waals surface area contributed by atoms with Crippen LogP contribution in [0.4, 0.5) is 0 Å². The lowest BCUT2D eigenvalue weighted by molar-refractivity contribution is -0.131. The van der Waals surface area contributed by atoms with Crippen LogP contribution in [0.25, 0.3) is 0 Å². The Morgan fingerprint density at radius 1 is 1.57 bits per heavy atom. The standard InChI is InChI=1S/C13H18N6OS/c1-18-13(15-16-17-18)21-9-6-12(20)19-8-3-5-11(19)10-4-2-7-14-10/h2,4,7,11,14H,3,5-6,8-9H2,1H3. The lowest BCUT2D eigenvalue weighted by Crippen LogP contribution is -2.30. The van der Waals surface area contributed by atoms with Crippen LogP contribution in [0, 0.1) is 0 Å². The summed E-state index contributed by atoms with van der Waals surface area (Å²) in [4.78, 5) is 17.6. The number of likely N-dealkylation sites (tertiary alicyclic amines) is 1. The Balaban J connectivity index is 1.54. The third kappa shape index (κ3) is 3.10. The zero-order valence-electron chi connectivity index (χ0n) is 11.9. The summed E-state index contributed by atoms with van der Waals surface area (Å²) in [5, 5.41) is 12.0. The highest BCUT2D eigenvalue weighted by molar-refractivity contribution is 7.99. The van der Waals surface area contributed by atoms with Crippen molar-refractivity contribution in [2.24, 2.45) is 7.05 Å². The Kier molecular flexibility index (Phi) is 4.23. The van der Waals surface area contributed by atoms with Gasteiger partial charge in [-0.2, -0.15) is 0 Å². The molecule has 21 heavy (non-hydrogen) atoms. The molecule has 1 fully saturated rings. The molecule has 1 unspecified atom stereocenters. The SMILES string of the molecule is Cn1nnnc1SCCC(=O)N1CCCC1c1ccc[nH]1. The third-order valence-electron chi connectivity index (χ3n) is 3.68. The Bertz CT molecular complexity index is 596. The van der Waals surface area contributed by atoms with Gasteiger partial charge in [0.05, 0.1) is 6.04 Å². The molecule has 0 spiro atoms. The molecule has 0 aromatic carbocycles. The Labute approximate surface area is 127 Å². The van der Waals surface area contributed by atoms with Crippen LogP contribution in [0.1, 0.15) is 31.0 Å². The van der Waals surface area contributed by atoms with Crippen molar-refractivity contribution in [3.05, 3.63) is 24.0 Å². The molecule has 1 aliphatic rings. The molecule has 1 saturated heterocycles. The average molecular weight is 306 g/mol. The number of hydrogen-bond donors (Lipinski definition) is 1. The molecule has 3 rings (SSSR count). The molecule has 2 aromatic heterocycles.